The number of benzene rings is 1. The van der Waals surface area contributed by atoms with Crippen LogP contribution in [0.1, 0.15) is 35.7 Å². The molecule has 0 heterocycles. The molecule has 0 aliphatic carbocycles. The Balaban J connectivity index is 2.87. The summed E-state index contributed by atoms with van der Waals surface area (Å²) in [4.78, 5) is 11.0. The van der Waals surface area contributed by atoms with Crippen molar-refractivity contribution in [2.75, 3.05) is 0 Å². The fourth-order valence-corrected chi connectivity index (χ4v) is 1.16. The molecule has 2 nitrogen and oxygen atoms in total. The summed E-state index contributed by atoms with van der Waals surface area (Å²) in [6, 6.07) is 7.33. The third-order valence-electron chi connectivity index (χ3n) is 1.90. The molecule has 0 N–H and O–H groups in total. The Hall–Kier alpha value is -0.960. The topological polar surface area (TPSA) is 26.3 Å². The SMILES string of the molecule is CC(C)c1ccc(C(=O)OS)cc1. The normalized spacial score (nSPS) is 10.2. The Morgan fingerprint density at radius 2 is 1.85 bits per heavy atom. The van der Waals surface area contributed by atoms with Crippen LogP contribution in [0.5, 0.6) is 0 Å². The summed E-state index contributed by atoms with van der Waals surface area (Å²) in [5, 5.41) is 0. The van der Waals surface area contributed by atoms with Gasteiger partial charge in [0.05, 0.1) is 5.56 Å². The summed E-state index contributed by atoms with van der Waals surface area (Å²) >= 11 is 3.44. The van der Waals surface area contributed by atoms with Gasteiger partial charge in [-0.1, -0.05) is 26.0 Å². The third kappa shape index (κ3) is 2.49. The molecule has 0 unspecified atom stereocenters. The average molecular weight is 196 g/mol. The van der Waals surface area contributed by atoms with Crippen LogP contribution >= 0.6 is 12.9 Å². The Bertz CT molecular complexity index is 290. The zero-order valence-corrected chi connectivity index (χ0v) is 8.54. The summed E-state index contributed by atoms with van der Waals surface area (Å²) in [6.45, 7) is 4.21. The minimum absolute atomic E-state index is 0.418. The molecule has 0 radical (unpaired) electrons. The monoisotopic (exact) mass is 196 g/mol. The van der Waals surface area contributed by atoms with Gasteiger partial charge in [-0.15, -0.1) is 0 Å². The lowest BCUT2D eigenvalue weighted by Gasteiger charge is -2.04. The lowest BCUT2D eigenvalue weighted by molar-refractivity contribution is 0.0772. The highest BCUT2D eigenvalue weighted by molar-refractivity contribution is 7.75. The Morgan fingerprint density at radius 1 is 1.31 bits per heavy atom. The Kier molecular flexibility index (Phi) is 3.37. The molecular formula is C10H12O2S. The van der Waals surface area contributed by atoms with Gasteiger partial charge in [0.25, 0.3) is 0 Å². The first-order valence-electron chi connectivity index (χ1n) is 4.11. The standard InChI is InChI=1S/C10H12O2S/c1-7(2)8-3-5-9(6-4-8)10(11)12-13/h3-7,13H,1-2H3. The first-order chi connectivity index (χ1) is 6.15. The lowest BCUT2D eigenvalue weighted by atomic mass is 10.0. The van der Waals surface area contributed by atoms with Gasteiger partial charge in [-0.25, -0.2) is 4.79 Å². The van der Waals surface area contributed by atoms with Gasteiger partial charge in [0, 0.05) is 12.9 Å². The van der Waals surface area contributed by atoms with Crippen molar-refractivity contribution in [2.45, 2.75) is 19.8 Å². The highest BCUT2D eigenvalue weighted by Crippen LogP contribution is 2.15. The van der Waals surface area contributed by atoms with E-state index in [0.29, 0.717) is 11.5 Å². The molecule has 0 saturated heterocycles. The molecule has 0 aliphatic heterocycles. The van der Waals surface area contributed by atoms with E-state index < -0.39 is 5.97 Å². The maximum Gasteiger partial charge on any atom is 0.349 e. The third-order valence-corrected chi connectivity index (χ3v) is 2.06. The number of hydrogen-bond donors (Lipinski definition) is 1. The van der Waals surface area contributed by atoms with E-state index in [9.17, 15) is 4.79 Å². The molecule has 0 amide bonds. The highest BCUT2D eigenvalue weighted by Gasteiger charge is 2.05. The molecule has 0 bridgehead atoms. The van der Waals surface area contributed by atoms with Crippen molar-refractivity contribution in [2.24, 2.45) is 0 Å². The molecule has 1 rings (SSSR count). The van der Waals surface area contributed by atoms with Gasteiger partial charge >= 0.3 is 5.97 Å². The van der Waals surface area contributed by atoms with Gasteiger partial charge in [-0.05, 0) is 23.6 Å². The van der Waals surface area contributed by atoms with E-state index in [0.717, 1.165) is 0 Å². The molecule has 0 atom stereocenters. The molecule has 0 spiro atoms. The molecule has 0 fully saturated rings. The summed E-state index contributed by atoms with van der Waals surface area (Å²) < 4.78 is 4.29. The second kappa shape index (κ2) is 4.33. The second-order valence-electron chi connectivity index (χ2n) is 3.16. The van der Waals surface area contributed by atoms with E-state index in [1.807, 2.05) is 12.1 Å². The van der Waals surface area contributed by atoms with Crippen molar-refractivity contribution in [3.8, 4) is 0 Å². The molecule has 70 valence electrons. The van der Waals surface area contributed by atoms with Crippen LogP contribution < -0.4 is 0 Å². The summed E-state index contributed by atoms with van der Waals surface area (Å²) in [5.41, 5.74) is 1.73. The van der Waals surface area contributed by atoms with Crippen LogP contribution in [0.3, 0.4) is 0 Å². The van der Waals surface area contributed by atoms with E-state index in [-0.39, 0.29) is 0 Å². The predicted molar refractivity (Wildman–Crippen MR) is 54.9 cm³/mol. The van der Waals surface area contributed by atoms with Crippen molar-refractivity contribution in [3.05, 3.63) is 35.4 Å². The Morgan fingerprint density at radius 3 is 2.23 bits per heavy atom. The number of rotatable bonds is 2. The van der Waals surface area contributed by atoms with Crippen molar-refractivity contribution in [1.29, 1.82) is 0 Å². The highest BCUT2D eigenvalue weighted by atomic mass is 32.1. The smallest absolute Gasteiger partial charge is 0.349 e. The maximum atomic E-state index is 11.0. The molecule has 0 saturated carbocycles. The van der Waals surface area contributed by atoms with E-state index >= 15 is 0 Å². The first-order valence-corrected chi connectivity index (χ1v) is 4.47. The Labute approximate surface area is 83.5 Å². The second-order valence-corrected chi connectivity index (χ2v) is 3.34. The van der Waals surface area contributed by atoms with E-state index in [1.165, 1.54) is 5.56 Å². The van der Waals surface area contributed by atoms with Crippen molar-refractivity contribution in [3.63, 3.8) is 0 Å². The molecular weight excluding hydrogens is 184 g/mol. The van der Waals surface area contributed by atoms with Crippen LogP contribution in [0.25, 0.3) is 0 Å². The van der Waals surface area contributed by atoms with Crippen LogP contribution in [-0.2, 0) is 4.18 Å². The average Bonchev–Trinajstić information content (AvgIpc) is 2.17. The number of hydrogen-bond acceptors (Lipinski definition) is 3. The van der Waals surface area contributed by atoms with Crippen LogP contribution in [-0.4, -0.2) is 5.97 Å². The zero-order valence-electron chi connectivity index (χ0n) is 7.65. The van der Waals surface area contributed by atoms with Gasteiger partial charge in [-0.3, -0.25) is 0 Å². The fraction of sp³-hybridized carbons (Fsp3) is 0.300. The van der Waals surface area contributed by atoms with Crippen LogP contribution in [0, 0.1) is 0 Å². The summed E-state index contributed by atoms with van der Waals surface area (Å²) in [5.74, 6) is 0.0553. The molecule has 3 heteroatoms. The molecule has 1 aromatic carbocycles. The summed E-state index contributed by atoms with van der Waals surface area (Å²) in [6.07, 6.45) is 0. The van der Waals surface area contributed by atoms with Gasteiger partial charge in [0.15, 0.2) is 0 Å². The van der Waals surface area contributed by atoms with E-state index in [1.54, 1.807) is 12.1 Å². The zero-order chi connectivity index (χ0) is 9.84. The number of carbonyl (C=O) groups excluding carboxylic acids is 1. The minimum Gasteiger partial charge on any atom is -0.391 e. The quantitative estimate of drug-likeness (QED) is 0.581. The van der Waals surface area contributed by atoms with Crippen LogP contribution in [0.2, 0.25) is 0 Å². The van der Waals surface area contributed by atoms with Crippen LogP contribution in [0.4, 0.5) is 0 Å². The molecule has 0 aromatic heterocycles. The van der Waals surface area contributed by atoms with E-state index in [4.69, 9.17) is 0 Å². The van der Waals surface area contributed by atoms with Gasteiger partial charge in [-0.2, -0.15) is 0 Å². The summed E-state index contributed by atoms with van der Waals surface area (Å²) in [7, 11) is 0. The first kappa shape index (κ1) is 10.1. The largest absolute Gasteiger partial charge is 0.391 e. The number of carbonyl (C=O) groups is 1. The lowest BCUT2D eigenvalue weighted by Crippen LogP contribution is -1.98. The minimum atomic E-state index is -0.418. The van der Waals surface area contributed by atoms with Crippen molar-refractivity contribution >= 4 is 18.9 Å². The molecule has 1 aromatic rings. The van der Waals surface area contributed by atoms with Gasteiger partial charge in [0.1, 0.15) is 0 Å². The predicted octanol–water partition coefficient (Wildman–Crippen LogP) is 2.81. The van der Waals surface area contributed by atoms with Crippen molar-refractivity contribution in [1.82, 2.24) is 0 Å². The molecule has 0 aliphatic rings. The van der Waals surface area contributed by atoms with Crippen molar-refractivity contribution < 1.29 is 8.98 Å². The maximum absolute atomic E-state index is 11.0. The fourth-order valence-electron chi connectivity index (χ4n) is 1.06. The number of thiol groups is 1. The van der Waals surface area contributed by atoms with Gasteiger partial charge < -0.3 is 4.18 Å². The van der Waals surface area contributed by atoms with Crippen LogP contribution in [0.15, 0.2) is 24.3 Å². The van der Waals surface area contributed by atoms with Gasteiger partial charge in [0.2, 0.25) is 0 Å². The van der Waals surface area contributed by atoms with E-state index in [2.05, 4.69) is 30.9 Å². The molecule has 13 heavy (non-hydrogen) atoms.